The molecule has 0 saturated carbocycles. The molecular weight excluding hydrogens is 279 g/mol. The van der Waals surface area contributed by atoms with Crippen molar-refractivity contribution in [3.05, 3.63) is 70.9 Å². The van der Waals surface area contributed by atoms with Gasteiger partial charge in [0.1, 0.15) is 5.82 Å². The summed E-state index contributed by atoms with van der Waals surface area (Å²) < 4.78 is 14.1. The lowest BCUT2D eigenvalue weighted by atomic mass is 10.0. The van der Waals surface area contributed by atoms with E-state index in [1.165, 1.54) is 22.2 Å². The molecule has 0 fully saturated rings. The smallest absolute Gasteiger partial charge is 0.123 e. The van der Waals surface area contributed by atoms with Gasteiger partial charge in [-0.2, -0.15) is 0 Å². The summed E-state index contributed by atoms with van der Waals surface area (Å²) in [4.78, 5) is 0. The molecule has 1 unspecified atom stereocenters. The van der Waals surface area contributed by atoms with E-state index in [0.717, 1.165) is 11.1 Å². The van der Waals surface area contributed by atoms with E-state index in [1.54, 1.807) is 23.5 Å². The zero-order chi connectivity index (χ0) is 13.2. The van der Waals surface area contributed by atoms with Crippen LogP contribution in [0.4, 0.5) is 4.39 Å². The first kappa shape index (κ1) is 12.6. The summed E-state index contributed by atoms with van der Waals surface area (Å²) >= 11 is 8.22. The highest BCUT2D eigenvalue weighted by Crippen LogP contribution is 2.35. The molecule has 0 spiro atoms. The highest BCUT2D eigenvalue weighted by molar-refractivity contribution is 7.17. The van der Waals surface area contributed by atoms with Gasteiger partial charge in [-0.1, -0.05) is 30.3 Å². The molecule has 3 heteroatoms. The summed E-state index contributed by atoms with van der Waals surface area (Å²) in [6.07, 6.45) is 0.711. The van der Waals surface area contributed by atoms with Gasteiger partial charge in [0.05, 0.1) is 5.38 Å². The van der Waals surface area contributed by atoms with Crippen LogP contribution in [0.3, 0.4) is 0 Å². The second-order valence-electron chi connectivity index (χ2n) is 4.49. The van der Waals surface area contributed by atoms with Crippen LogP contribution in [0, 0.1) is 5.82 Å². The topological polar surface area (TPSA) is 0 Å². The molecule has 1 atom stereocenters. The molecule has 0 nitrogen and oxygen atoms in total. The summed E-state index contributed by atoms with van der Waals surface area (Å²) in [5.74, 6) is -0.212. The molecule has 3 aromatic rings. The summed E-state index contributed by atoms with van der Waals surface area (Å²) in [6, 6.07) is 14.8. The number of fused-ring (bicyclic) bond motifs is 1. The molecule has 0 aliphatic carbocycles. The molecule has 1 heterocycles. The van der Waals surface area contributed by atoms with Gasteiger partial charge in [-0.15, -0.1) is 22.9 Å². The Kier molecular flexibility index (Phi) is 3.54. The SMILES string of the molecule is Fc1ccc(CC(Cl)c2csc3ccccc23)cc1. The predicted molar refractivity (Wildman–Crippen MR) is 80.5 cm³/mol. The van der Waals surface area contributed by atoms with Crippen LogP contribution in [0.15, 0.2) is 53.9 Å². The Morgan fingerprint density at radius 3 is 2.58 bits per heavy atom. The largest absolute Gasteiger partial charge is 0.207 e. The molecule has 19 heavy (non-hydrogen) atoms. The minimum Gasteiger partial charge on any atom is -0.207 e. The van der Waals surface area contributed by atoms with Crippen LogP contribution in [-0.4, -0.2) is 0 Å². The van der Waals surface area contributed by atoms with Crippen molar-refractivity contribution in [1.82, 2.24) is 0 Å². The molecule has 3 rings (SSSR count). The van der Waals surface area contributed by atoms with E-state index in [-0.39, 0.29) is 11.2 Å². The second kappa shape index (κ2) is 5.32. The molecule has 96 valence electrons. The van der Waals surface area contributed by atoms with Crippen molar-refractivity contribution in [3.8, 4) is 0 Å². The van der Waals surface area contributed by atoms with Crippen molar-refractivity contribution in [2.24, 2.45) is 0 Å². The number of thiophene rings is 1. The van der Waals surface area contributed by atoms with Crippen LogP contribution < -0.4 is 0 Å². The third-order valence-corrected chi connectivity index (χ3v) is 4.55. The van der Waals surface area contributed by atoms with Crippen LogP contribution in [0.2, 0.25) is 0 Å². The molecule has 0 N–H and O–H groups in total. The number of alkyl halides is 1. The maximum atomic E-state index is 12.9. The Hall–Kier alpha value is -1.38. The lowest BCUT2D eigenvalue weighted by molar-refractivity contribution is 0.627. The minimum absolute atomic E-state index is 0.0818. The number of rotatable bonds is 3. The first-order valence-electron chi connectivity index (χ1n) is 6.08. The minimum atomic E-state index is -0.212. The lowest BCUT2D eigenvalue weighted by Crippen LogP contribution is -1.95. The maximum absolute atomic E-state index is 12.9. The average molecular weight is 291 g/mol. The summed E-state index contributed by atoms with van der Waals surface area (Å²) in [5, 5.41) is 3.25. The highest BCUT2D eigenvalue weighted by atomic mass is 35.5. The molecule has 0 aliphatic heterocycles. The Bertz CT molecular complexity index is 687. The van der Waals surface area contributed by atoms with Crippen LogP contribution in [0.1, 0.15) is 16.5 Å². The van der Waals surface area contributed by atoms with E-state index in [2.05, 4.69) is 17.5 Å². The van der Waals surface area contributed by atoms with E-state index in [9.17, 15) is 4.39 Å². The lowest BCUT2D eigenvalue weighted by Gasteiger charge is -2.09. The number of halogens is 2. The summed E-state index contributed by atoms with van der Waals surface area (Å²) in [6.45, 7) is 0. The van der Waals surface area contributed by atoms with Gasteiger partial charge in [0.25, 0.3) is 0 Å². The first-order chi connectivity index (χ1) is 9.24. The van der Waals surface area contributed by atoms with Crippen molar-refractivity contribution < 1.29 is 4.39 Å². The summed E-state index contributed by atoms with van der Waals surface area (Å²) in [5.41, 5.74) is 2.21. The molecule has 2 aromatic carbocycles. The third-order valence-electron chi connectivity index (χ3n) is 3.18. The van der Waals surface area contributed by atoms with Crippen LogP contribution in [0.25, 0.3) is 10.1 Å². The fraction of sp³-hybridized carbons (Fsp3) is 0.125. The van der Waals surface area contributed by atoms with Gasteiger partial charge in [0.15, 0.2) is 0 Å². The average Bonchev–Trinajstić information content (AvgIpc) is 2.85. The van der Waals surface area contributed by atoms with E-state index in [1.807, 2.05) is 12.1 Å². The third kappa shape index (κ3) is 2.65. The molecule has 0 amide bonds. The van der Waals surface area contributed by atoms with Gasteiger partial charge >= 0.3 is 0 Å². The molecule has 0 aliphatic rings. The quantitative estimate of drug-likeness (QED) is 0.554. The van der Waals surface area contributed by atoms with E-state index in [4.69, 9.17) is 11.6 Å². The second-order valence-corrected chi connectivity index (χ2v) is 5.92. The molecule has 1 aromatic heterocycles. The standard InChI is InChI=1S/C16H12ClFS/c17-15(9-11-5-7-12(18)8-6-11)14-10-19-16-4-2-1-3-13(14)16/h1-8,10,15H,9H2. The van der Waals surface area contributed by atoms with Gasteiger partial charge in [-0.05, 0) is 46.5 Å². The molecule has 0 saturated heterocycles. The van der Waals surface area contributed by atoms with Crippen LogP contribution in [-0.2, 0) is 6.42 Å². The van der Waals surface area contributed by atoms with Crippen molar-refractivity contribution in [3.63, 3.8) is 0 Å². The van der Waals surface area contributed by atoms with Gasteiger partial charge in [0.2, 0.25) is 0 Å². The fourth-order valence-electron chi connectivity index (χ4n) is 2.18. The van der Waals surface area contributed by atoms with Crippen molar-refractivity contribution >= 4 is 33.0 Å². The fourth-order valence-corrected chi connectivity index (χ4v) is 3.63. The van der Waals surface area contributed by atoms with E-state index in [0.29, 0.717) is 6.42 Å². The zero-order valence-electron chi connectivity index (χ0n) is 10.1. The van der Waals surface area contributed by atoms with E-state index < -0.39 is 0 Å². The molecular formula is C16H12ClFS. The van der Waals surface area contributed by atoms with Crippen LogP contribution >= 0.6 is 22.9 Å². The number of hydrogen-bond acceptors (Lipinski definition) is 1. The zero-order valence-corrected chi connectivity index (χ0v) is 11.7. The van der Waals surface area contributed by atoms with Gasteiger partial charge < -0.3 is 0 Å². The monoisotopic (exact) mass is 290 g/mol. The number of benzene rings is 2. The van der Waals surface area contributed by atoms with Crippen molar-refractivity contribution in [1.29, 1.82) is 0 Å². The van der Waals surface area contributed by atoms with Crippen molar-refractivity contribution in [2.75, 3.05) is 0 Å². The summed E-state index contributed by atoms with van der Waals surface area (Å²) in [7, 11) is 0. The normalized spacial score (nSPS) is 12.7. The Labute approximate surface area is 120 Å². The van der Waals surface area contributed by atoms with Gasteiger partial charge in [0, 0.05) is 4.70 Å². The van der Waals surface area contributed by atoms with Gasteiger partial charge in [-0.3, -0.25) is 0 Å². The molecule has 0 radical (unpaired) electrons. The Morgan fingerprint density at radius 2 is 1.79 bits per heavy atom. The predicted octanol–water partition coefficient (Wildman–Crippen LogP) is 5.56. The van der Waals surface area contributed by atoms with Gasteiger partial charge in [-0.25, -0.2) is 4.39 Å². The number of hydrogen-bond donors (Lipinski definition) is 0. The maximum Gasteiger partial charge on any atom is 0.123 e. The van der Waals surface area contributed by atoms with Crippen LogP contribution in [0.5, 0.6) is 0 Å². The van der Waals surface area contributed by atoms with E-state index >= 15 is 0 Å². The Balaban J connectivity index is 1.87. The first-order valence-corrected chi connectivity index (χ1v) is 7.40. The Morgan fingerprint density at radius 1 is 1.05 bits per heavy atom. The highest BCUT2D eigenvalue weighted by Gasteiger charge is 2.13. The van der Waals surface area contributed by atoms with Crippen molar-refractivity contribution in [2.45, 2.75) is 11.8 Å². The molecule has 0 bridgehead atoms.